The van der Waals surface area contributed by atoms with Gasteiger partial charge in [0, 0.05) is 67.7 Å². The van der Waals surface area contributed by atoms with Crippen LogP contribution >= 0.6 is 0 Å². The Hall–Kier alpha value is -9.88. The summed E-state index contributed by atoms with van der Waals surface area (Å²) in [5, 5.41) is 34.3. The highest BCUT2D eigenvalue weighted by Gasteiger charge is 2.46. The molecule has 0 unspecified atom stereocenters. The molecule has 24 nitrogen and oxygen atoms in total. The van der Waals surface area contributed by atoms with Crippen molar-refractivity contribution in [1.82, 2.24) is 4.90 Å². The normalized spacial score (nSPS) is 13.3. The van der Waals surface area contributed by atoms with E-state index in [1.165, 1.54) is 55.6 Å². The lowest BCUT2D eigenvalue weighted by molar-refractivity contribution is -0.387. The van der Waals surface area contributed by atoms with Gasteiger partial charge in [-0.3, -0.25) is 25.1 Å². The van der Waals surface area contributed by atoms with Crippen molar-refractivity contribution < 1.29 is 103 Å². The average Bonchev–Trinajstić information content (AvgIpc) is 1.90. The Morgan fingerprint density at radius 3 is 1.27 bits per heavy atom. The molecule has 0 atom stereocenters. The molecule has 0 aromatic heterocycles. The number of aliphatic hydroxyl groups excluding tert-OH is 1. The quantitative estimate of drug-likeness (QED) is 0.0159. The Labute approximate surface area is 505 Å². The van der Waals surface area contributed by atoms with Crippen LogP contribution in [0, 0.1) is 26.0 Å². The molecule has 3 heterocycles. The molecule has 0 fully saturated rings. The molecule has 89 heavy (non-hydrogen) atoms. The minimum Gasteiger partial charge on any atom is -0.465 e. The summed E-state index contributed by atoms with van der Waals surface area (Å²) in [7, 11) is 4.57. The Kier molecular flexibility index (Phi) is 27.0. The van der Waals surface area contributed by atoms with Crippen LogP contribution < -0.4 is 50.5 Å². The largest absolute Gasteiger partial charge is 0.586 e. The van der Waals surface area contributed by atoms with E-state index in [0.717, 1.165) is 52.1 Å². The van der Waals surface area contributed by atoms with Crippen molar-refractivity contribution in [3.63, 3.8) is 0 Å². The summed E-state index contributed by atoms with van der Waals surface area (Å²) in [5.41, 5.74) is 12.7. The number of nitrogen functional groups attached to an aromatic ring is 1. The number of para-hydroxylation sites is 3. The maximum atomic E-state index is 13.2. The standard InChI is InChI=1S/C16H12F2N2O6.C16H14F2N2O4.C8H7F2NO2.C8H6FNO4.C8H19N.CH4O.CH4/c1-24-15(21)9-5-6-11(12(7-9)20(22)23)19-8-10-3-2-4-13-14(10)26-16(17,18)25-13;1-22-15(21)9-5-6-12(11(19)7-9)20-8-10-3-2-4-13-14(10)24-16(17,18)23-13;9-8(10)12-6-3-1-2-5(4-11)7(6)13-8;1-14-8(11)5-2-3-6(9)7(4-5)10(12)13;1-6-9(7(2)3)8(4)5;1-2;/h2-7,19H,8H2,1H3;2-7,20H,8,19H2,1H3;1-3H,4,11H2;2-4H,1H3;7-8H,6H2,1-5H3;2H,1H3;1H4. The van der Waals surface area contributed by atoms with Crippen molar-refractivity contribution in [3.05, 3.63) is 169 Å². The van der Waals surface area contributed by atoms with Crippen LogP contribution in [0.25, 0.3) is 0 Å². The van der Waals surface area contributed by atoms with Gasteiger partial charge in [0.1, 0.15) is 5.69 Å². The molecule has 0 radical (unpaired) electrons. The lowest BCUT2D eigenvalue weighted by Crippen LogP contribution is -2.36. The number of methoxy groups -OCH3 is 3. The number of nitrogens with one attached hydrogen (secondary N) is 2. The molecule has 31 heteroatoms. The number of nitro groups is 2. The molecule has 484 valence electrons. The first kappa shape index (κ1) is 73.4. The number of hydrogen-bond donors (Lipinski definition) is 5. The van der Waals surface area contributed by atoms with Gasteiger partial charge in [-0.25, -0.2) is 14.4 Å². The number of nitro benzene ring substituents is 2. The lowest BCUT2D eigenvalue weighted by Gasteiger charge is -2.28. The van der Waals surface area contributed by atoms with Gasteiger partial charge in [-0.15, -0.1) is 26.3 Å². The van der Waals surface area contributed by atoms with E-state index in [2.05, 4.69) is 92.8 Å². The van der Waals surface area contributed by atoms with Gasteiger partial charge in [0.05, 0.1) is 59.2 Å². The van der Waals surface area contributed by atoms with Crippen LogP contribution in [-0.4, -0.2) is 104 Å². The van der Waals surface area contributed by atoms with Crippen LogP contribution in [0.2, 0.25) is 0 Å². The van der Waals surface area contributed by atoms with E-state index in [0.29, 0.717) is 45.7 Å². The number of carbonyl (C=O) groups is 3. The molecule has 0 spiro atoms. The minimum absolute atomic E-state index is 0. The van der Waals surface area contributed by atoms with Gasteiger partial charge < -0.3 is 69.8 Å². The van der Waals surface area contributed by atoms with E-state index in [1.807, 2.05) is 0 Å². The number of benzene rings is 6. The molecule has 0 saturated carbocycles. The fraction of sp³-hybridized carbons (Fsp3) is 0.328. The highest BCUT2D eigenvalue weighted by molar-refractivity contribution is 5.92. The first-order valence-corrected chi connectivity index (χ1v) is 25.9. The molecule has 3 aliphatic rings. The molecule has 3 aliphatic heterocycles. The third-order valence-electron chi connectivity index (χ3n) is 12.0. The van der Waals surface area contributed by atoms with Gasteiger partial charge in [0.15, 0.2) is 34.5 Å². The minimum atomic E-state index is -3.76. The van der Waals surface area contributed by atoms with E-state index < -0.39 is 58.1 Å². The maximum absolute atomic E-state index is 13.2. The van der Waals surface area contributed by atoms with E-state index in [9.17, 15) is 65.3 Å². The van der Waals surface area contributed by atoms with Crippen molar-refractivity contribution in [3.8, 4) is 34.5 Å². The summed E-state index contributed by atoms with van der Waals surface area (Å²) < 4.78 is 130. The zero-order valence-corrected chi connectivity index (χ0v) is 48.5. The monoisotopic (exact) mass is 1270 g/mol. The SMILES string of the molecule is C.CCN(C(C)C)C(C)C.CO.COC(=O)c1ccc(F)c([N+](=O)[O-])c1.COC(=O)c1ccc(NCc2cccc3c2OC(F)(F)O3)c(N)c1.COC(=O)c1ccc(NCc2cccc3c2OC(F)(F)O3)c([N+](=O)[O-])c1.NCc1cccc2c1OC(F)(F)O2. The Bertz CT molecular complexity index is 3410. The summed E-state index contributed by atoms with van der Waals surface area (Å²) in [6.45, 7) is 12.6. The number of esters is 3. The Balaban J connectivity index is 0.000000302. The first-order valence-electron chi connectivity index (χ1n) is 25.9. The van der Waals surface area contributed by atoms with Crippen LogP contribution in [-0.2, 0) is 33.8 Å². The highest BCUT2D eigenvalue weighted by Crippen LogP contribution is 2.46. The van der Waals surface area contributed by atoms with E-state index in [1.54, 1.807) is 36.4 Å². The zero-order valence-electron chi connectivity index (χ0n) is 48.5. The van der Waals surface area contributed by atoms with Crippen LogP contribution in [0.5, 0.6) is 34.5 Å². The van der Waals surface area contributed by atoms with Gasteiger partial charge in [-0.2, -0.15) is 4.39 Å². The summed E-state index contributed by atoms with van der Waals surface area (Å²) >= 11 is 0. The second-order valence-electron chi connectivity index (χ2n) is 18.4. The summed E-state index contributed by atoms with van der Waals surface area (Å²) in [4.78, 5) is 56.3. The van der Waals surface area contributed by atoms with Crippen molar-refractivity contribution >= 4 is 46.3 Å². The van der Waals surface area contributed by atoms with E-state index in [-0.39, 0.29) is 84.1 Å². The lowest BCUT2D eigenvalue weighted by atomic mass is 10.1. The fourth-order valence-electron chi connectivity index (χ4n) is 8.17. The number of halogens is 7. The van der Waals surface area contributed by atoms with Crippen LogP contribution in [0.4, 0.5) is 59.2 Å². The summed E-state index contributed by atoms with van der Waals surface area (Å²) in [6.07, 6.45) is -11.0. The van der Waals surface area contributed by atoms with Crippen LogP contribution in [0.3, 0.4) is 0 Å². The Morgan fingerprint density at radius 2 is 0.921 bits per heavy atom. The maximum Gasteiger partial charge on any atom is 0.586 e. The number of anilines is 3. The molecular weight excluding hydrogens is 1200 g/mol. The van der Waals surface area contributed by atoms with Crippen molar-refractivity contribution in [2.45, 2.75) is 92.6 Å². The molecule has 6 aromatic carbocycles. The number of aliphatic hydroxyl groups is 1. The smallest absolute Gasteiger partial charge is 0.465 e. The number of fused-ring (bicyclic) bond motifs is 3. The molecule has 0 bridgehead atoms. The Morgan fingerprint density at radius 1 is 0.573 bits per heavy atom. The first-order chi connectivity index (χ1) is 41.5. The third kappa shape index (κ3) is 20.4. The highest BCUT2D eigenvalue weighted by atomic mass is 19.3. The average molecular weight is 1270 g/mol. The van der Waals surface area contributed by atoms with Gasteiger partial charge in [-0.1, -0.05) is 50.7 Å². The van der Waals surface area contributed by atoms with Gasteiger partial charge in [-0.05, 0) is 94.9 Å². The number of alkyl halides is 6. The van der Waals surface area contributed by atoms with E-state index in [4.69, 9.17) is 16.6 Å². The molecule has 9 rings (SSSR count). The van der Waals surface area contributed by atoms with Crippen molar-refractivity contribution in [1.29, 1.82) is 0 Å². The molecular formula is C58H66F7N7O17. The van der Waals surface area contributed by atoms with Crippen molar-refractivity contribution in [2.24, 2.45) is 5.73 Å². The summed E-state index contributed by atoms with van der Waals surface area (Å²) in [6, 6.07) is 26.1. The van der Waals surface area contributed by atoms with Gasteiger partial charge in [0.2, 0.25) is 5.82 Å². The molecule has 0 aliphatic carbocycles. The predicted octanol–water partition coefficient (Wildman–Crippen LogP) is 11.7. The number of ether oxygens (including phenoxy) is 9. The van der Waals surface area contributed by atoms with Crippen molar-refractivity contribution in [2.75, 3.05) is 51.4 Å². The number of carbonyl (C=O) groups excluding carboxylic acids is 3. The topological polar surface area (TPSA) is 320 Å². The zero-order chi connectivity index (χ0) is 65.8. The second kappa shape index (κ2) is 32.7. The molecule has 0 saturated heterocycles. The number of rotatable bonds is 15. The van der Waals surface area contributed by atoms with Crippen LogP contribution in [0.15, 0.2) is 109 Å². The fourth-order valence-corrected chi connectivity index (χ4v) is 8.17. The van der Waals surface area contributed by atoms with Gasteiger partial charge in [0.25, 0.3) is 5.69 Å². The molecule has 0 amide bonds. The van der Waals surface area contributed by atoms with E-state index >= 15 is 0 Å². The predicted molar refractivity (Wildman–Crippen MR) is 309 cm³/mol. The molecule has 7 N–H and O–H groups in total. The number of nitrogens with zero attached hydrogens (tertiary/aromatic N) is 3. The van der Waals surface area contributed by atoms with Gasteiger partial charge >= 0.3 is 42.5 Å². The second-order valence-corrected chi connectivity index (χ2v) is 18.4. The number of hydrogen-bond acceptors (Lipinski definition) is 22. The molecule has 6 aromatic rings. The summed E-state index contributed by atoms with van der Waals surface area (Å²) in [5.74, 6) is -3.16. The van der Waals surface area contributed by atoms with Crippen LogP contribution in [0.1, 0.15) is 89.8 Å². The third-order valence-corrected chi connectivity index (χ3v) is 12.0. The number of nitrogens with two attached hydrogens (primary N) is 2.